The minimum atomic E-state index is -3.35. The zero-order valence-corrected chi connectivity index (χ0v) is 14.1. The zero-order valence-electron chi connectivity index (χ0n) is 13.2. The summed E-state index contributed by atoms with van der Waals surface area (Å²) in [5.41, 5.74) is 1.15. The third kappa shape index (κ3) is 4.10. The van der Waals surface area contributed by atoms with Gasteiger partial charge in [-0.15, -0.1) is 0 Å². The standard InChI is InChI=1S/C17H19NO4S/c1-12(15-9-4-5-10-16(15)22-2)18-17(19)13-7-6-8-14(11-13)23(3,20)21/h4-12H,1-3H3,(H,18,19)/t12-/m0/s1. The summed E-state index contributed by atoms with van der Waals surface area (Å²) in [4.78, 5) is 12.5. The molecule has 2 rings (SSSR count). The lowest BCUT2D eigenvalue weighted by atomic mass is 10.1. The molecule has 0 aliphatic carbocycles. The van der Waals surface area contributed by atoms with Crippen LogP contribution < -0.4 is 10.1 Å². The first-order chi connectivity index (χ1) is 10.8. The van der Waals surface area contributed by atoms with Gasteiger partial charge in [-0.3, -0.25) is 4.79 Å². The quantitative estimate of drug-likeness (QED) is 0.913. The number of nitrogens with one attached hydrogen (secondary N) is 1. The van der Waals surface area contributed by atoms with E-state index in [2.05, 4.69) is 5.32 Å². The molecule has 0 saturated carbocycles. The molecule has 6 heteroatoms. The highest BCUT2D eigenvalue weighted by atomic mass is 32.2. The Kier molecular flexibility index (Phi) is 5.05. The van der Waals surface area contributed by atoms with Crippen LogP contribution in [-0.4, -0.2) is 27.7 Å². The second kappa shape index (κ2) is 6.83. The van der Waals surface area contributed by atoms with Gasteiger partial charge in [0.15, 0.2) is 9.84 Å². The van der Waals surface area contributed by atoms with Gasteiger partial charge < -0.3 is 10.1 Å². The Hall–Kier alpha value is -2.34. The Labute approximate surface area is 136 Å². The Morgan fingerprint density at radius 3 is 2.48 bits per heavy atom. The van der Waals surface area contributed by atoms with E-state index in [1.54, 1.807) is 19.2 Å². The molecular formula is C17H19NO4S. The fraction of sp³-hybridized carbons (Fsp3) is 0.235. The number of benzene rings is 2. The van der Waals surface area contributed by atoms with Gasteiger partial charge in [-0.05, 0) is 31.2 Å². The molecule has 0 aromatic heterocycles. The Bertz CT molecular complexity index is 815. The van der Waals surface area contributed by atoms with Crippen molar-refractivity contribution in [1.82, 2.24) is 5.32 Å². The van der Waals surface area contributed by atoms with Gasteiger partial charge in [-0.2, -0.15) is 0 Å². The number of sulfone groups is 1. The van der Waals surface area contributed by atoms with Crippen LogP contribution in [0.3, 0.4) is 0 Å². The van der Waals surface area contributed by atoms with E-state index in [0.29, 0.717) is 11.3 Å². The monoisotopic (exact) mass is 333 g/mol. The summed E-state index contributed by atoms with van der Waals surface area (Å²) in [6, 6.07) is 13.1. The molecule has 0 radical (unpaired) electrons. The summed E-state index contributed by atoms with van der Waals surface area (Å²) in [6.45, 7) is 1.84. The highest BCUT2D eigenvalue weighted by molar-refractivity contribution is 7.90. The van der Waals surface area contributed by atoms with E-state index >= 15 is 0 Å². The number of para-hydroxylation sites is 1. The third-order valence-corrected chi connectivity index (χ3v) is 4.59. The summed E-state index contributed by atoms with van der Waals surface area (Å²) in [6.07, 6.45) is 1.11. The number of rotatable bonds is 5. The first-order valence-electron chi connectivity index (χ1n) is 7.07. The lowest BCUT2D eigenvalue weighted by Crippen LogP contribution is -2.27. The second-order valence-corrected chi connectivity index (χ2v) is 7.25. The maximum atomic E-state index is 12.4. The highest BCUT2D eigenvalue weighted by Gasteiger charge is 2.16. The summed E-state index contributed by atoms with van der Waals surface area (Å²) in [5.74, 6) is 0.346. The second-order valence-electron chi connectivity index (χ2n) is 5.24. The van der Waals surface area contributed by atoms with Gasteiger partial charge in [-0.1, -0.05) is 24.3 Å². The van der Waals surface area contributed by atoms with E-state index in [9.17, 15) is 13.2 Å². The van der Waals surface area contributed by atoms with E-state index in [1.807, 2.05) is 31.2 Å². The predicted molar refractivity (Wildman–Crippen MR) is 88.4 cm³/mol. The van der Waals surface area contributed by atoms with E-state index in [-0.39, 0.29) is 16.8 Å². The number of methoxy groups -OCH3 is 1. The molecule has 2 aromatic carbocycles. The van der Waals surface area contributed by atoms with Crippen LogP contribution in [0.25, 0.3) is 0 Å². The number of hydrogen-bond acceptors (Lipinski definition) is 4. The first-order valence-corrected chi connectivity index (χ1v) is 8.96. The molecule has 0 aliphatic heterocycles. The number of ether oxygens (including phenoxy) is 1. The molecule has 122 valence electrons. The molecule has 23 heavy (non-hydrogen) atoms. The molecule has 1 amide bonds. The van der Waals surface area contributed by atoms with Gasteiger partial charge in [-0.25, -0.2) is 8.42 Å². The van der Waals surface area contributed by atoms with Crippen molar-refractivity contribution in [2.45, 2.75) is 17.9 Å². The Morgan fingerprint density at radius 2 is 1.83 bits per heavy atom. The number of carbonyl (C=O) groups is 1. The molecule has 0 spiro atoms. The minimum absolute atomic E-state index is 0.120. The summed E-state index contributed by atoms with van der Waals surface area (Å²) < 4.78 is 28.5. The van der Waals surface area contributed by atoms with E-state index < -0.39 is 9.84 Å². The van der Waals surface area contributed by atoms with E-state index in [0.717, 1.165) is 11.8 Å². The topological polar surface area (TPSA) is 72.5 Å². The molecule has 0 unspecified atom stereocenters. The van der Waals surface area contributed by atoms with Gasteiger partial charge in [0.2, 0.25) is 0 Å². The van der Waals surface area contributed by atoms with Gasteiger partial charge >= 0.3 is 0 Å². The highest BCUT2D eigenvalue weighted by Crippen LogP contribution is 2.24. The van der Waals surface area contributed by atoms with E-state index in [1.165, 1.54) is 12.1 Å². The maximum absolute atomic E-state index is 12.4. The molecule has 5 nitrogen and oxygen atoms in total. The minimum Gasteiger partial charge on any atom is -0.496 e. The van der Waals surface area contributed by atoms with Crippen LogP contribution in [0.4, 0.5) is 0 Å². The molecule has 0 heterocycles. The van der Waals surface area contributed by atoms with Crippen molar-refractivity contribution in [2.24, 2.45) is 0 Å². The predicted octanol–water partition coefficient (Wildman–Crippen LogP) is 2.59. The van der Waals surface area contributed by atoms with Crippen LogP contribution in [0.5, 0.6) is 5.75 Å². The van der Waals surface area contributed by atoms with Gasteiger partial charge in [0.1, 0.15) is 5.75 Å². The summed E-state index contributed by atoms with van der Waals surface area (Å²) in [7, 11) is -1.78. The molecule has 1 atom stereocenters. The Morgan fingerprint density at radius 1 is 1.13 bits per heavy atom. The van der Waals surface area contributed by atoms with Crippen molar-refractivity contribution in [2.75, 3.05) is 13.4 Å². The van der Waals surface area contributed by atoms with Crippen LogP contribution in [-0.2, 0) is 9.84 Å². The number of carbonyl (C=O) groups excluding carboxylic acids is 1. The first kappa shape index (κ1) is 17.0. The van der Waals surface area contributed by atoms with Gasteiger partial charge in [0.05, 0.1) is 18.0 Å². The van der Waals surface area contributed by atoms with Crippen molar-refractivity contribution >= 4 is 15.7 Å². The molecule has 0 saturated heterocycles. The largest absolute Gasteiger partial charge is 0.496 e. The van der Waals surface area contributed by atoms with Crippen LogP contribution in [0, 0.1) is 0 Å². The summed E-state index contributed by atoms with van der Waals surface area (Å²) >= 11 is 0. The third-order valence-electron chi connectivity index (χ3n) is 3.48. The molecule has 0 bridgehead atoms. The average molecular weight is 333 g/mol. The fourth-order valence-electron chi connectivity index (χ4n) is 2.25. The smallest absolute Gasteiger partial charge is 0.251 e. The number of amides is 1. The van der Waals surface area contributed by atoms with Crippen LogP contribution in [0.2, 0.25) is 0 Å². The van der Waals surface area contributed by atoms with Crippen LogP contribution >= 0.6 is 0 Å². The fourth-order valence-corrected chi connectivity index (χ4v) is 2.92. The van der Waals surface area contributed by atoms with E-state index in [4.69, 9.17) is 4.74 Å². The maximum Gasteiger partial charge on any atom is 0.251 e. The van der Waals surface area contributed by atoms with Crippen molar-refractivity contribution in [1.29, 1.82) is 0 Å². The molecular weight excluding hydrogens is 314 g/mol. The van der Waals surface area contributed by atoms with Crippen molar-refractivity contribution in [3.8, 4) is 5.75 Å². The number of hydrogen-bond donors (Lipinski definition) is 1. The summed E-state index contributed by atoms with van der Waals surface area (Å²) in [5, 5.41) is 2.85. The molecule has 1 N–H and O–H groups in total. The molecule has 0 aliphatic rings. The van der Waals surface area contributed by atoms with Crippen LogP contribution in [0.15, 0.2) is 53.4 Å². The lowest BCUT2D eigenvalue weighted by molar-refractivity contribution is 0.0939. The Balaban J connectivity index is 2.22. The SMILES string of the molecule is COc1ccccc1[C@H](C)NC(=O)c1cccc(S(C)(=O)=O)c1. The van der Waals surface area contributed by atoms with Gasteiger partial charge in [0.25, 0.3) is 5.91 Å². The van der Waals surface area contributed by atoms with Crippen LogP contribution in [0.1, 0.15) is 28.9 Å². The van der Waals surface area contributed by atoms with Crippen molar-refractivity contribution in [3.63, 3.8) is 0 Å². The zero-order chi connectivity index (χ0) is 17.0. The lowest BCUT2D eigenvalue weighted by Gasteiger charge is -2.17. The average Bonchev–Trinajstić information content (AvgIpc) is 2.54. The molecule has 2 aromatic rings. The van der Waals surface area contributed by atoms with Gasteiger partial charge in [0, 0.05) is 17.4 Å². The molecule has 0 fully saturated rings. The normalized spacial score (nSPS) is 12.5. The van der Waals surface area contributed by atoms with Crippen molar-refractivity contribution in [3.05, 3.63) is 59.7 Å². The van der Waals surface area contributed by atoms with Crippen molar-refractivity contribution < 1.29 is 17.9 Å².